The van der Waals surface area contributed by atoms with Gasteiger partial charge in [-0.3, -0.25) is 24.6 Å². The van der Waals surface area contributed by atoms with Crippen LogP contribution in [0.25, 0.3) is 0 Å². The molecule has 1 saturated carbocycles. The molecule has 2 heterocycles. The standard InChI is InChI=1S/C33H31F3N2O5/c34-33(35,36)22-12-8-16-25(18-22)43-24-15-7-11-21(17-24)28-26-27(30(40)38(29(26)39)23-13-5-2-6-14-23)32(37-28,31(41)42)19-20-9-3-1-4-10-20/h1,3-4,7-12,15-18,23,26-28,37H,2,5-6,13-14,19H2,(H,41,42). The van der Waals surface area contributed by atoms with Gasteiger partial charge in [-0.15, -0.1) is 0 Å². The molecule has 2 amide bonds. The lowest BCUT2D eigenvalue weighted by atomic mass is 9.76. The van der Waals surface area contributed by atoms with Crippen LogP contribution < -0.4 is 10.1 Å². The molecule has 4 unspecified atom stereocenters. The van der Waals surface area contributed by atoms with Crippen LogP contribution >= 0.6 is 0 Å². The van der Waals surface area contributed by atoms with E-state index >= 15 is 0 Å². The molecular weight excluding hydrogens is 561 g/mol. The van der Waals surface area contributed by atoms with Gasteiger partial charge in [-0.1, -0.05) is 67.8 Å². The summed E-state index contributed by atoms with van der Waals surface area (Å²) in [6.07, 6.45) is -0.373. The van der Waals surface area contributed by atoms with Gasteiger partial charge in [0.25, 0.3) is 0 Å². The number of carboxylic acids is 1. The van der Waals surface area contributed by atoms with Crippen LogP contribution in [0, 0.1) is 11.8 Å². The first kappa shape index (κ1) is 28.9. The number of rotatable bonds is 7. The Bertz CT molecular complexity index is 1540. The fourth-order valence-electron chi connectivity index (χ4n) is 7.01. The summed E-state index contributed by atoms with van der Waals surface area (Å²) < 4.78 is 45.5. The summed E-state index contributed by atoms with van der Waals surface area (Å²) in [6.45, 7) is 0. The van der Waals surface area contributed by atoms with Gasteiger partial charge in [0.2, 0.25) is 11.8 Å². The second-order valence-electron chi connectivity index (χ2n) is 11.6. The Morgan fingerprint density at radius 1 is 0.907 bits per heavy atom. The van der Waals surface area contributed by atoms with E-state index in [1.165, 1.54) is 17.0 Å². The number of likely N-dealkylation sites (tertiary alicyclic amines) is 1. The third-order valence-corrected chi connectivity index (χ3v) is 8.95. The molecule has 0 spiro atoms. The van der Waals surface area contributed by atoms with Crippen LogP contribution in [0.3, 0.4) is 0 Å². The number of benzene rings is 3. The van der Waals surface area contributed by atoms with Crippen LogP contribution in [0.5, 0.6) is 11.5 Å². The molecule has 4 atom stereocenters. The van der Waals surface area contributed by atoms with Crippen molar-refractivity contribution in [3.63, 3.8) is 0 Å². The molecule has 3 aromatic rings. The van der Waals surface area contributed by atoms with E-state index in [0.717, 1.165) is 31.4 Å². The molecule has 43 heavy (non-hydrogen) atoms. The summed E-state index contributed by atoms with van der Waals surface area (Å²) in [4.78, 5) is 42.6. The molecule has 6 rings (SSSR count). The van der Waals surface area contributed by atoms with Gasteiger partial charge in [-0.2, -0.15) is 13.2 Å². The van der Waals surface area contributed by atoms with E-state index in [1.807, 2.05) is 6.07 Å². The minimum absolute atomic E-state index is 0.0151. The first-order chi connectivity index (χ1) is 20.6. The highest BCUT2D eigenvalue weighted by Crippen LogP contribution is 2.51. The SMILES string of the molecule is O=C1C2C(c3cccc(Oc4cccc(C(F)(F)F)c4)c3)NC(Cc3ccccc3)(C(=O)O)C2C(=O)N1C1CCCCC1. The maximum absolute atomic E-state index is 14.1. The zero-order chi connectivity index (χ0) is 30.4. The van der Waals surface area contributed by atoms with Crippen LogP contribution in [0.4, 0.5) is 13.2 Å². The molecule has 2 N–H and O–H groups in total. The van der Waals surface area contributed by atoms with Crippen molar-refractivity contribution in [1.29, 1.82) is 0 Å². The lowest BCUT2D eigenvalue weighted by Gasteiger charge is -2.34. The van der Waals surface area contributed by atoms with Crippen molar-refractivity contribution in [1.82, 2.24) is 10.2 Å². The van der Waals surface area contributed by atoms with Gasteiger partial charge in [0.15, 0.2) is 0 Å². The number of nitrogens with zero attached hydrogens (tertiary/aromatic N) is 1. The van der Waals surface area contributed by atoms with Gasteiger partial charge in [0.1, 0.15) is 17.0 Å². The lowest BCUT2D eigenvalue weighted by Crippen LogP contribution is -2.58. The van der Waals surface area contributed by atoms with Crippen LogP contribution in [0.2, 0.25) is 0 Å². The summed E-state index contributed by atoms with van der Waals surface area (Å²) in [5, 5.41) is 13.9. The summed E-state index contributed by atoms with van der Waals surface area (Å²) >= 11 is 0. The molecule has 224 valence electrons. The van der Waals surface area contributed by atoms with Gasteiger partial charge in [-0.05, 0) is 54.3 Å². The molecule has 3 fully saturated rings. The number of aliphatic carboxylic acids is 1. The van der Waals surface area contributed by atoms with E-state index in [0.29, 0.717) is 24.0 Å². The Morgan fingerprint density at radius 2 is 1.58 bits per heavy atom. The first-order valence-corrected chi connectivity index (χ1v) is 14.5. The zero-order valence-electron chi connectivity index (χ0n) is 23.2. The van der Waals surface area contributed by atoms with Gasteiger partial charge in [0.05, 0.1) is 17.4 Å². The Labute approximate surface area is 246 Å². The number of carbonyl (C=O) groups is 3. The molecule has 3 aromatic carbocycles. The van der Waals surface area contributed by atoms with Crippen molar-refractivity contribution in [2.45, 2.75) is 62.3 Å². The number of hydrogen-bond donors (Lipinski definition) is 2. The third kappa shape index (κ3) is 5.29. The largest absolute Gasteiger partial charge is 0.480 e. The second-order valence-corrected chi connectivity index (χ2v) is 11.6. The minimum Gasteiger partial charge on any atom is -0.480 e. The molecule has 0 bridgehead atoms. The maximum Gasteiger partial charge on any atom is 0.416 e. The van der Waals surface area contributed by atoms with E-state index in [2.05, 4.69) is 5.32 Å². The Balaban J connectivity index is 1.39. The average molecular weight is 593 g/mol. The summed E-state index contributed by atoms with van der Waals surface area (Å²) in [5.74, 6) is -4.00. The molecule has 10 heteroatoms. The second kappa shape index (κ2) is 11.1. The van der Waals surface area contributed by atoms with E-state index in [1.54, 1.807) is 48.5 Å². The first-order valence-electron chi connectivity index (χ1n) is 14.5. The van der Waals surface area contributed by atoms with Crippen LogP contribution in [-0.4, -0.2) is 39.4 Å². The molecule has 1 aliphatic carbocycles. The summed E-state index contributed by atoms with van der Waals surface area (Å²) in [7, 11) is 0. The molecule has 2 aliphatic heterocycles. The van der Waals surface area contributed by atoms with Crippen molar-refractivity contribution in [3.05, 3.63) is 95.6 Å². The number of fused-ring (bicyclic) bond motifs is 1. The monoisotopic (exact) mass is 592 g/mol. The highest BCUT2D eigenvalue weighted by molar-refractivity contribution is 6.09. The number of carbonyl (C=O) groups excluding carboxylic acids is 2. The quantitative estimate of drug-likeness (QED) is 0.320. The highest BCUT2D eigenvalue weighted by Gasteiger charge is 2.69. The molecule has 3 aliphatic rings. The number of amides is 2. The van der Waals surface area contributed by atoms with Gasteiger partial charge in [-0.25, -0.2) is 0 Å². The van der Waals surface area contributed by atoms with Crippen molar-refractivity contribution in [3.8, 4) is 11.5 Å². The average Bonchev–Trinajstić information content (AvgIpc) is 3.47. The number of hydrogen-bond acceptors (Lipinski definition) is 5. The smallest absolute Gasteiger partial charge is 0.416 e. The number of halogens is 3. The molecule has 0 aromatic heterocycles. The van der Waals surface area contributed by atoms with E-state index < -0.39 is 47.0 Å². The van der Waals surface area contributed by atoms with Gasteiger partial charge < -0.3 is 9.84 Å². The molecule has 2 saturated heterocycles. The number of nitrogens with one attached hydrogen (secondary N) is 1. The Kier molecular flexibility index (Phi) is 7.50. The minimum atomic E-state index is -4.54. The van der Waals surface area contributed by atoms with Crippen LogP contribution in [0.1, 0.15) is 54.8 Å². The van der Waals surface area contributed by atoms with Crippen molar-refractivity contribution in [2.75, 3.05) is 0 Å². The van der Waals surface area contributed by atoms with Gasteiger partial charge >= 0.3 is 12.1 Å². The number of alkyl halides is 3. The van der Waals surface area contributed by atoms with E-state index in [-0.39, 0.29) is 29.9 Å². The highest BCUT2D eigenvalue weighted by atomic mass is 19.4. The molecule has 7 nitrogen and oxygen atoms in total. The fourth-order valence-corrected chi connectivity index (χ4v) is 7.01. The van der Waals surface area contributed by atoms with Gasteiger partial charge in [0, 0.05) is 18.5 Å². The maximum atomic E-state index is 14.1. The number of ether oxygens (including phenoxy) is 1. The van der Waals surface area contributed by atoms with Crippen LogP contribution in [-0.2, 0) is 27.0 Å². The molecular formula is C33H31F3N2O5. The van der Waals surface area contributed by atoms with Crippen molar-refractivity contribution >= 4 is 17.8 Å². The lowest BCUT2D eigenvalue weighted by molar-refractivity contribution is -0.152. The topological polar surface area (TPSA) is 95.9 Å². The Morgan fingerprint density at radius 3 is 2.26 bits per heavy atom. The summed E-state index contributed by atoms with van der Waals surface area (Å²) in [6, 6.07) is 18.8. The van der Waals surface area contributed by atoms with E-state index in [9.17, 15) is 32.7 Å². The number of carboxylic acid groups (broad SMARTS) is 1. The van der Waals surface area contributed by atoms with Crippen LogP contribution in [0.15, 0.2) is 78.9 Å². The van der Waals surface area contributed by atoms with Crippen molar-refractivity contribution in [2.24, 2.45) is 11.8 Å². The fraction of sp³-hybridized carbons (Fsp3) is 0.364. The van der Waals surface area contributed by atoms with Crippen molar-refractivity contribution < 1.29 is 37.4 Å². The third-order valence-electron chi connectivity index (χ3n) is 8.95. The number of imide groups is 1. The Hall–Kier alpha value is -4.18. The predicted octanol–water partition coefficient (Wildman–Crippen LogP) is 6.14. The molecule has 0 radical (unpaired) electrons. The predicted molar refractivity (Wildman–Crippen MR) is 150 cm³/mol. The van der Waals surface area contributed by atoms with E-state index in [4.69, 9.17) is 4.74 Å². The summed E-state index contributed by atoms with van der Waals surface area (Å²) in [5.41, 5.74) is -1.41. The zero-order valence-corrected chi connectivity index (χ0v) is 23.2. The normalized spacial score (nSPS) is 26.0.